The van der Waals surface area contributed by atoms with E-state index in [2.05, 4.69) is 13.8 Å². The van der Waals surface area contributed by atoms with Crippen molar-refractivity contribution in [3.05, 3.63) is 0 Å². The Kier molecular flexibility index (Phi) is 28.2. The maximum Gasteiger partial charge on any atom is 0.336 e. The van der Waals surface area contributed by atoms with Gasteiger partial charge in [-0.15, -0.1) is 0 Å². The summed E-state index contributed by atoms with van der Waals surface area (Å²) in [6, 6.07) is 0. The van der Waals surface area contributed by atoms with Crippen molar-refractivity contribution >= 4 is 11.9 Å². The summed E-state index contributed by atoms with van der Waals surface area (Å²) >= 11 is 0. The molecule has 3 N–H and O–H groups in total. The van der Waals surface area contributed by atoms with E-state index in [4.69, 9.17) is 0 Å². The molecule has 0 heterocycles. The molecule has 0 aromatic carbocycles. The number of aliphatic hydroxyl groups is 1. The number of unbranched alkanes of at least 4 members (excludes halogenated alkanes) is 26. The van der Waals surface area contributed by atoms with Gasteiger partial charge in [0.15, 0.2) is 5.60 Å². The van der Waals surface area contributed by atoms with Crippen LogP contribution in [0.25, 0.3) is 0 Å². The van der Waals surface area contributed by atoms with E-state index in [1.165, 1.54) is 128 Å². The van der Waals surface area contributed by atoms with Crippen LogP contribution in [-0.4, -0.2) is 32.9 Å². The molecule has 0 saturated carbocycles. The van der Waals surface area contributed by atoms with Gasteiger partial charge in [0.05, 0.1) is 5.92 Å². The highest BCUT2D eigenvalue weighted by molar-refractivity contribution is 5.85. The number of carbonyl (C=O) groups is 2. The summed E-state index contributed by atoms with van der Waals surface area (Å²) in [5, 5.41) is 30.4. The Bertz CT molecular complexity index is 593. The van der Waals surface area contributed by atoms with Crippen molar-refractivity contribution in [1.29, 1.82) is 0 Å². The summed E-state index contributed by atoms with van der Waals surface area (Å²) in [4.78, 5) is 23.9. The first kappa shape index (κ1) is 39.9. The van der Waals surface area contributed by atoms with Gasteiger partial charge < -0.3 is 15.3 Å². The number of carboxylic acids is 2. The van der Waals surface area contributed by atoms with Crippen molar-refractivity contribution in [2.24, 2.45) is 5.92 Å². The third-order valence-electron chi connectivity index (χ3n) is 9.00. The smallest absolute Gasteiger partial charge is 0.336 e. The molecule has 5 nitrogen and oxygen atoms in total. The second kappa shape index (κ2) is 29.0. The summed E-state index contributed by atoms with van der Waals surface area (Å²) in [5.74, 6) is -3.81. The summed E-state index contributed by atoms with van der Waals surface area (Å²) in [6.45, 7) is 4.50. The molecule has 2 atom stereocenters. The molecule has 0 aliphatic carbocycles. The lowest BCUT2D eigenvalue weighted by molar-refractivity contribution is -0.176. The molecule has 2 unspecified atom stereocenters. The highest BCUT2D eigenvalue weighted by Gasteiger charge is 2.47. The lowest BCUT2D eigenvalue weighted by Gasteiger charge is -2.30. The first-order valence-electron chi connectivity index (χ1n) is 18.1. The third-order valence-corrected chi connectivity index (χ3v) is 9.00. The van der Waals surface area contributed by atoms with E-state index in [0.717, 1.165) is 38.5 Å². The van der Waals surface area contributed by atoms with Crippen LogP contribution in [0.2, 0.25) is 0 Å². The molecular formula is C36H70O5. The van der Waals surface area contributed by atoms with Crippen LogP contribution in [0, 0.1) is 5.92 Å². The Hall–Kier alpha value is -1.10. The Morgan fingerprint density at radius 3 is 1.00 bits per heavy atom. The molecule has 244 valence electrons. The van der Waals surface area contributed by atoms with Gasteiger partial charge in [0.1, 0.15) is 0 Å². The van der Waals surface area contributed by atoms with Crippen LogP contribution in [0.1, 0.15) is 206 Å². The van der Waals surface area contributed by atoms with E-state index < -0.39 is 23.5 Å². The standard InChI is InChI=1S/C36H70O5/c1-3-5-7-9-11-13-15-17-19-21-23-25-27-29-31-33(34(37)38)36(41,35(39)40)32-30-28-26-24-22-20-18-16-14-12-10-8-6-4-2/h33,41H,3-32H2,1-2H3,(H,37,38)(H,39,40). The quantitative estimate of drug-likeness (QED) is 0.0669. The first-order valence-corrected chi connectivity index (χ1v) is 18.1. The molecule has 0 radical (unpaired) electrons. The number of rotatable bonds is 33. The SMILES string of the molecule is CCCCCCCCCCCCCCCCC(C(=O)O)C(O)(CCCCCCCCCCCCCCCC)C(=O)O. The Morgan fingerprint density at radius 2 is 0.732 bits per heavy atom. The molecule has 0 spiro atoms. The third kappa shape index (κ3) is 23.1. The fourth-order valence-corrected chi connectivity index (χ4v) is 6.13. The van der Waals surface area contributed by atoms with Gasteiger partial charge in [-0.1, -0.05) is 187 Å². The average Bonchev–Trinajstić information content (AvgIpc) is 2.94. The van der Waals surface area contributed by atoms with Gasteiger partial charge in [0.2, 0.25) is 0 Å². The maximum absolute atomic E-state index is 12.0. The Balaban J connectivity index is 3.97. The molecule has 0 aromatic rings. The van der Waals surface area contributed by atoms with E-state index in [-0.39, 0.29) is 12.8 Å². The largest absolute Gasteiger partial charge is 0.481 e. The predicted molar refractivity (Wildman–Crippen MR) is 174 cm³/mol. The van der Waals surface area contributed by atoms with Crippen molar-refractivity contribution in [3.8, 4) is 0 Å². The van der Waals surface area contributed by atoms with Gasteiger partial charge in [0.25, 0.3) is 0 Å². The zero-order valence-electron chi connectivity index (χ0n) is 27.4. The summed E-state index contributed by atoms with van der Waals surface area (Å²) in [6.07, 6.45) is 34.0. The maximum atomic E-state index is 12.0. The summed E-state index contributed by atoms with van der Waals surface area (Å²) in [7, 11) is 0. The molecule has 0 fully saturated rings. The topological polar surface area (TPSA) is 94.8 Å². The lowest BCUT2D eigenvalue weighted by Crippen LogP contribution is -2.49. The fraction of sp³-hybridized carbons (Fsp3) is 0.944. The van der Waals surface area contributed by atoms with Gasteiger partial charge in [-0.05, 0) is 19.3 Å². The van der Waals surface area contributed by atoms with Gasteiger partial charge >= 0.3 is 11.9 Å². The van der Waals surface area contributed by atoms with Crippen LogP contribution in [0.15, 0.2) is 0 Å². The molecule has 0 aliphatic heterocycles. The monoisotopic (exact) mass is 583 g/mol. The van der Waals surface area contributed by atoms with Gasteiger partial charge in [-0.2, -0.15) is 0 Å². The first-order chi connectivity index (χ1) is 19.9. The van der Waals surface area contributed by atoms with Crippen LogP contribution in [-0.2, 0) is 9.59 Å². The molecule has 5 heteroatoms. The normalized spacial score (nSPS) is 13.7. The zero-order chi connectivity index (χ0) is 30.4. The van der Waals surface area contributed by atoms with Crippen molar-refractivity contribution in [2.45, 2.75) is 212 Å². The molecule has 0 amide bonds. The number of aliphatic carboxylic acids is 2. The molecule has 0 aliphatic rings. The predicted octanol–water partition coefficient (Wildman–Crippen LogP) is 11.2. The molecule has 0 rings (SSSR count). The van der Waals surface area contributed by atoms with Crippen LogP contribution in [0.3, 0.4) is 0 Å². The van der Waals surface area contributed by atoms with E-state index in [9.17, 15) is 24.9 Å². The van der Waals surface area contributed by atoms with Gasteiger partial charge in [-0.3, -0.25) is 4.79 Å². The van der Waals surface area contributed by atoms with Crippen LogP contribution in [0.5, 0.6) is 0 Å². The molecule has 0 bridgehead atoms. The zero-order valence-corrected chi connectivity index (χ0v) is 27.4. The minimum Gasteiger partial charge on any atom is -0.481 e. The fourth-order valence-electron chi connectivity index (χ4n) is 6.13. The van der Waals surface area contributed by atoms with Crippen molar-refractivity contribution in [2.75, 3.05) is 0 Å². The average molecular weight is 583 g/mol. The lowest BCUT2D eigenvalue weighted by atomic mass is 9.79. The van der Waals surface area contributed by atoms with Crippen molar-refractivity contribution < 1.29 is 24.9 Å². The number of hydrogen-bond acceptors (Lipinski definition) is 3. The highest BCUT2D eigenvalue weighted by Crippen LogP contribution is 2.30. The summed E-state index contributed by atoms with van der Waals surface area (Å²) in [5.41, 5.74) is -2.17. The second-order valence-corrected chi connectivity index (χ2v) is 12.9. The number of carboxylic acid groups (broad SMARTS) is 2. The van der Waals surface area contributed by atoms with E-state index in [1.807, 2.05) is 0 Å². The van der Waals surface area contributed by atoms with Crippen molar-refractivity contribution in [1.82, 2.24) is 0 Å². The number of hydrogen-bond donors (Lipinski definition) is 3. The van der Waals surface area contributed by atoms with Crippen molar-refractivity contribution in [3.63, 3.8) is 0 Å². The van der Waals surface area contributed by atoms with Crippen LogP contribution < -0.4 is 0 Å². The molecule has 0 aromatic heterocycles. The Labute approximate surface area is 254 Å². The van der Waals surface area contributed by atoms with Gasteiger partial charge in [0, 0.05) is 0 Å². The van der Waals surface area contributed by atoms with Crippen LogP contribution >= 0.6 is 0 Å². The molecule has 41 heavy (non-hydrogen) atoms. The molecular weight excluding hydrogens is 512 g/mol. The second-order valence-electron chi connectivity index (χ2n) is 12.9. The molecule has 0 saturated heterocycles. The minimum absolute atomic E-state index is 0.0237. The van der Waals surface area contributed by atoms with E-state index in [1.54, 1.807) is 0 Å². The van der Waals surface area contributed by atoms with Gasteiger partial charge in [-0.25, -0.2) is 4.79 Å². The highest BCUT2D eigenvalue weighted by atomic mass is 16.4. The van der Waals surface area contributed by atoms with E-state index in [0.29, 0.717) is 12.8 Å². The summed E-state index contributed by atoms with van der Waals surface area (Å²) < 4.78 is 0. The minimum atomic E-state index is -2.17. The van der Waals surface area contributed by atoms with Crippen LogP contribution in [0.4, 0.5) is 0 Å². The van der Waals surface area contributed by atoms with E-state index >= 15 is 0 Å². The Morgan fingerprint density at radius 1 is 0.463 bits per heavy atom.